The Hall–Kier alpha value is -2.10. The Balaban J connectivity index is 2.61. The van der Waals surface area contributed by atoms with Crippen LogP contribution in [0.5, 0.6) is 5.75 Å². The van der Waals surface area contributed by atoms with E-state index in [4.69, 9.17) is 9.84 Å². The summed E-state index contributed by atoms with van der Waals surface area (Å²) in [6.07, 6.45) is 2.71. The molecule has 1 N–H and O–H groups in total. The average molecular weight is 234 g/mol. The van der Waals surface area contributed by atoms with Gasteiger partial charge < -0.3 is 9.84 Å². The summed E-state index contributed by atoms with van der Waals surface area (Å²) in [7, 11) is 0. The number of carboxylic acids is 1. The second-order valence-electron chi connectivity index (χ2n) is 3.39. The average Bonchev–Trinajstić information content (AvgIpc) is 2.34. The van der Waals surface area contributed by atoms with Gasteiger partial charge in [0.25, 0.3) is 0 Å². The lowest BCUT2D eigenvalue weighted by Gasteiger charge is -2.04. The fraction of sp³-hybridized carbons (Fsp3) is 0.231. The van der Waals surface area contributed by atoms with E-state index in [2.05, 4.69) is 0 Å². The largest absolute Gasteiger partial charge is 0.489 e. The van der Waals surface area contributed by atoms with Crippen molar-refractivity contribution in [1.29, 1.82) is 0 Å². The maximum atomic E-state index is 10.7. The van der Waals surface area contributed by atoms with Gasteiger partial charge in [-0.05, 0) is 24.6 Å². The van der Waals surface area contributed by atoms with E-state index in [1.165, 1.54) is 6.08 Å². The second kappa shape index (κ2) is 6.48. The van der Waals surface area contributed by atoms with Crippen LogP contribution in [0.2, 0.25) is 0 Å². The third kappa shape index (κ3) is 4.10. The topological polar surface area (TPSA) is 63.6 Å². The van der Waals surface area contributed by atoms with Crippen LogP contribution >= 0.6 is 0 Å². The lowest BCUT2D eigenvalue weighted by atomic mass is 10.2. The second-order valence-corrected chi connectivity index (χ2v) is 3.39. The van der Waals surface area contributed by atoms with Crippen molar-refractivity contribution in [1.82, 2.24) is 0 Å². The molecule has 0 unspecified atom stereocenters. The molecule has 0 heterocycles. The van der Waals surface area contributed by atoms with Crippen molar-refractivity contribution >= 4 is 12.3 Å². The zero-order chi connectivity index (χ0) is 12.7. The molecule has 1 aromatic rings. The summed E-state index contributed by atoms with van der Waals surface area (Å²) in [5.41, 5.74) is 0.844. The van der Waals surface area contributed by atoms with Crippen LogP contribution in [0.1, 0.15) is 23.7 Å². The first-order valence-corrected chi connectivity index (χ1v) is 5.27. The molecule has 0 bridgehead atoms. The van der Waals surface area contributed by atoms with Gasteiger partial charge in [0.2, 0.25) is 0 Å². The zero-order valence-electron chi connectivity index (χ0n) is 9.55. The van der Waals surface area contributed by atoms with Gasteiger partial charge in [-0.15, -0.1) is 0 Å². The molecule has 17 heavy (non-hydrogen) atoms. The van der Waals surface area contributed by atoms with E-state index in [9.17, 15) is 9.59 Å². The Labute approximate surface area is 99.5 Å². The number of ether oxygens (including phenoxy) is 1. The molecule has 0 radical (unpaired) electrons. The molecule has 0 fully saturated rings. The van der Waals surface area contributed by atoms with Crippen molar-refractivity contribution in [3.8, 4) is 5.75 Å². The predicted molar refractivity (Wildman–Crippen MR) is 63.3 cm³/mol. The predicted octanol–water partition coefficient (Wildman–Crippen LogP) is 2.30. The van der Waals surface area contributed by atoms with E-state index in [-0.39, 0.29) is 6.61 Å². The molecule has 1 rings (SSSR count). The van der Waals surface area contributed by atoms with Crippen LogP contribution in [0.3, 0.4) is 0 Å². The SMILES string of the molecule is CCC(=CCOc1cccc(C=O)c1)C(=O)O. The van der Waals surface area contributed by atoms with Crippen LogP contribution in [0.25, 0.3) is 0 Å². The van der Waals surface area contributed by atoms with Crippen LogP contribution in [0.4, 0.5) is 0 Å². The first-order valence-electron chi connectivity index (χ1n) is 5.27. The highest BCUT2D eigenvalue weighted by Crippen LogP contribution is 2.12. The van der Waals surface area contributed by atoms with Crippen molar-refractivity contribution < 1.29 is 19.4 Å². The summed E-state index contributed by atoms with van der Waals surface area (Å²) in [5, 5.41) is 8.78. The molecule has 0 aromatic heterocycles. The minimum Gasteiger partial charge on any atom is -0.489 e. The maximum absolute atomic E-state index is 10.7. The van der Waals surface area contributed by atoms with Crippen LogP contribution in [0, 0.1) is 0 Å². The maximum Gasteiger partial charge on any atom is 0.331 e. The van der Waals surface area contributed by atoms with Crippen LogP contribution < -0.4 is 4.74 Å². The Bertz CT molecular complexity index is 435. The van der Waals surface area contributed by atoms with Gasteiger partial charge in [0.15, 0.2) is 0 Å². The van der Waals surface area contributed by atoms with Crippen molar-refractivity contribution in [2.24, 2.45) is 0 Å². The van der Waals surface area contributed by atoms with Gasteiger partial charge in [-0.3, -0.25) is 4.79 Å². The van der Waals surface area contributed by atoms with Gasteiger partial charge >= 0.3 is 5.97 Å². The highest BCUT2D eigenvalue weighted by molar-refractivity contribution is 5.86. The standard InChI is InChI=1S/C13H14O4/c1-2-11(13(15)16)6-7-17-12-5-3-4-10(8-12)9-14/h3-6,8-9H,2,7H2,1H3,(H,15,16). The number of carbonyl (C=O) groups excluding carboxylic acids is 1. The monoisotopic (exact) mass is 234 g/mol. The number of hydrogen-bond donors (Lipinski definition) is 1. The molecular formula is C13H14O4. The zero-order valence-corrected chi connectivity index (χ0v) is 9.55. The minimum absolute atomic E-state index is 0.178. The Morgan fingerprint density at radius 3 is 2.82 bits per heavy atom. The molecule has 0 aliphatic rings. The molecule has 90 valence electrons. The molecule has 0 aliphatic heterocycles. The van der Waals surface area contributed by atoms with E-state index in [0.29, 0.717) is 23.3 Å². The van der Waals surface area contributed by atoms with Crippen LogP contribution in [0.15, 0.2) is 35.9 Å². The van der Waals surface area contributed by atoms with E-state index in [1.807, 2.05) is 0 Å². The van der Waals surface area contributed by atoms with Crippen molar-refractivity contribution in [2.45, 2.75) is 13.3 Å². The van der Waals surface area contributed by atoms with Crippen molar-refractivity contribution in [3.05, 3.63) is 41.5 Å². The van der Waals surface area contributed by atoms with Gasteiger partial charge in [-0.25, -0.2) is 4.79 Å². The van der Waals surface area contributed by atoms with Gasteiger partial charge in [0.1, 0.15) is 18.6 Å². The van der Waals surface area contributed by atoms with E-state index < -0.39 is 5.97 Å². The van der Waals surface area contributed by atoms with Gasteiger partial charge in [0, 0.05) is 11.1 Å². The van der Waals surface area contributed by atoms with Gasteiger partial charge in [-0.1, -0.05) is 19.1 Å². The summed E-state index contributed by atoms with van der Waals surface area (Å²) in [6, 6.07) is 6.70. The quantitative estimate of drug-likeness (QED) is 0.606. The van der Waals surface area contributed by atoms with Crippen molar-refractivity contribution in [3.63, 3.8) is 0 Å². The van der Waals surface area contributed by atoms with E-state index in [1.54, 1.807) is 31.2 Å². The molecule has 0 amide bonds. The number of aliphatic carboxylic acids is 1. The highest BCUT2D eigenvalue weighted by atomic mass is 16.5. The number of aldehydes is 1. The van der Waals surface area contributed by atoms with Gasteiger partial charge in [0.05, 0.1) is 0 Å². The molecule has 4 heteroatoms. The summed E-state index contributed by atoms with van der Waals surface area (Å²) < 4.78 is 5.33. The van der Waals surface area contributed by atoms with E-state index in [0.717, 1.165) is 6.29 Å². The molecule has 0 atom stereocenters. The number of carbonyl (C=O) groups is 2. The minimum atomic E-state index is -0.933. The fourth-order valence-corrected chi connectivity index (χ4v) is 1.30. The molecule has 0 spiro atoms. The molecule has 1 aromatic carbocycles. The molecule has 0 saturated heterocycles. The first-order chi connectivity index (χ1) is 8.17. The fourth-order valence-electron chi connectivity index (χ4n) is 1.30. The Morgan fingerprint density at radius 1 is 1.47 bits per heavy atom. The summed E-state index contributed by atoms with van der Waals surface area (Å²) in [6.45, 7) is 1.95. The lowest BCUT2D eigenvalue weighted by molar-refractivity contribution is -0.132. The third-order valence-electron chi connectivity index (χ3n) is 2.23. The number of benzene rings is 1. The van der Waals surface area contributed by atoms with Crippen molar-refractivity contribution in [2.75, 3.05) is 6.61 Å². The lowest BCUT2D eigenvalue weighted by Crippen LogP contribution is -2.03. The smallest absolute Gasteiger partial charge is 0.331 e. The molecular weight excluding hydrogens is 220 g/mol. The van der Waals surface area contributed by atoms with Crippen LogP contribution in [-0.2, 0) is 4.79 Å². The molecule has 4 nitrogen and oxygen atoms in total. The summed E-state index contributed by atoms with van der Waals surface area (Å²) in [5.74, 6) is -0.385. The number of rotatable bonds is 6. The molecule has 0 saturated carbocycles. The molecule has 0 aliphatic carbocycles. The Kier molecular flexibility index (Phi) is 4.94. The summed E-state index contributed by atoms with van der Waals surface area (Å²) >= 11 is 0. The van der Waals surface area contributed by atoms with E-state index >= 15 is 0 Å². The highest BCUT2D eigenvalue weighted by Gasteiger charge is 2.03. The summed E-state index contributed by atoms with van der Waals surface area (Å²) in [4.78, 5) is 21.2. The Morgan fingerprint density at radius 2 is 2.24 bits per heavy atom. The third-order valence-corrected chi connectivity index (χ3v) is 2.23. The van der Waals surface area contributed by atoms with Gasteiger partial charge in [-0.2, -0.15) is 0 Å². The normalized spacial score (nSPS) is 11.0. The number of hydrogen-bond acceptors (Lipinski definition) is 3. The number of carboxylic acid groups (broad SMARTS) is 1. The van der Waals surface area contributed by atoms with Crippen LogP contribution in [-0.4, -0.2) is 24.0 Å². The first kappa shape index (κ1) is 13.0.